The number of hydrogen-bond donors (Lipinski definition) is 1. The van der Waals surface area contributed by atoms with Gasteiger partial charge in [-0.15, -0.1) is 0 Å². The second kappa shape index (κ2) is 6.71. The normalized spacial score (nSPS) is 10.0. The molecule has 4 nitrogen and oxygen atoms in total. The third-order valence-corrected chi connectivity index (χ3v) is 3.65. The summed E-state index contributed by atoms with van der Waals surface area (Å²) in [6.45, 7) is 1.83. The van der Waals surface area contributed by atoms with Gasteiger partial charge in [0.05, 0.1) is 12.7 Å². The number of esters is 1. The fraction of sp³-hybridized carbons (Fsp3) is 0.125. The van der Waals surface area contributed by atoms with E-state index in [9.17, 15) is 9.59 Å². The zero-order valence-corrected chi connectivity index (χ0v) is 13.8. The number of nitrogens with one attached hydrogen (secondary N) is 1. The van der Waals surface area contributed by atoms with E-state index in [2.05, 4.69) is 32.6 Å². The lowest BCUT2D eigenvalue weighted by molar-refractivity contribution is 0.0600. The molecule has 2 aromatic rings. The SMILES string of the molecule is COC(=O)c1ccc(NC(=O)c2cccc(I)c2)c(C)c1. The van der Waals surface area contributed by atoms with Gasteiger partial charge < -0.3 is 10.1 Å². The van der Waals surface area contributed by atoms with Gasteiger partial charge in [-0.25, -0.2) is 4.79 Å². The van der Waals surface area contributed by atoms with Crippen LogP contribution in [0.2, 0.25) is 0 Å². The van der Waals surface area contributed by atoms with Crippen molar-refractivity contribution in [1.29, 1.82) is 0 Å². The van der Waals surface area contributed by atoms with E-state index in [4.69, 9.17) is 0 Å². The molecule has 1 N–H and O–H groups in total. The van der Waals surface area contributed by atoms with Crippen LogP contribution in [0.25, 0.3) is 0 Å². The average Bonchev–Trinajstić information content (AvgIpc) is 2.48. The van der Waals surface area contributed by atoms with Gasteiger partial charge in [0.15, 0.2) is 0 Å². The first-order valence-electron chi connectivity index (χ1n) is 6.27. The Hall–Kier alpha value is -1.89. The summed E-state index contributed by atoms with van der Waals surface area (Å²) in [5.74, 6) is -0.573. The summed E-state index contributed by atoms with van der Waals surface area (Å²) < 4.78 is 5.67. The van der Waals surface area contributed by atoms with Gasteiger partial charge in [0.1, 0.15) is 0 Å². The average molecular weight is 395 g/mol. The second-order valence-electron chi connectivity index (χ2n) is 4.49. The number of rotatable bonds is 3. The van der Waals surface area contributed by atoms with Crippen LogP contribution in [0.5, 0.6) is 0 Å². The van der Waals surface area contributed by atoms with Crippen molar-refractivity contribution in [2.75, 3.05) is 12.4 Å². The van der Waals surface area contributed by atoms with Gasteiger partial charge in [0.25, 0.3) is 5.91 Å². The van der Waals surface area contributed by atoms with Gasteiger partial charge in [-0.1, -0.05) is 6.07 Å². The van der Waals surface area contributed by atoms with E-state index in [-0.39, 0.29) is 5.91 Å². The first kappa shape index (κ1) is 15.5. The molecule has 0 bridgehead atoms. The maximum absolute atomic E-state index is 12.2. The monoisotopic (exact) mass is 395 g/mol. The van der Waals surface area contributed by atoms with Crippen molar-refractivity contribution < 1.29 is 14.3 Å². The van der Waals surface area contributed by atoms with Gasteiger partial charge in [0, 0.05) is 14.8 Å². The number of amides is 1. The summed E-state index contributed by atoms with van der Waals surface area (Å²) >= 11 is 2.16. The molecular formula is C16H14INO3. The van der Waals surface area contributed by atoms with Crippen molar-refractivity contribution in [3.05, 3.63) is 62.7 Å². The zero-order valence-electron chi connectivity index (χ0n) is 11.6. The number of carbonyl (C=O) groups excluding carboxylic acids is 2. The predicted octanol–water partition coefficient (Wildman–Crippen LogP) is 3.64. The second-order valence-corrected chi connectivity index (χ2v) is 5.73. The standard InChI is InChI=1S/C16H14INO3/c1-10-8-12(16(20)21-2)6-7-14(10)18-15(19)11-4-3-5-13(17)9-11/h3-9H,1-2H3,(H,18,19). The number of hydrogen-bond acceptors (Lipinski definition) is 3. The van der Waals surface area contributed by atoms with Crippen molar-refractivity contribution in [2.24, 2.45) is 0 Å². The van der Waals surface area contributed by atoms with Crippen molar-refractivity contribution in [1.82, 2.24) is 0 Å². The van der Waals surface area contributed by atoms with Gasteiger partial charge >= 0.3 is 5.97 Å². The maximum Gasteiger partial charge on any atom is 0.337 e. The van der Waals surface area contributed by atoms with Crippen molar-refractivity contribution in [3.63, 3.8) is 0 Å². The zero-order chi connectivity index (χ0) is 15.4. The van der Waals surface area contributed by atoms with Gasteiger partial charge in [-0.05, 0) is 71.5 Å². The predicted molar refractivity (Wildman–Crippen MR) is 89.6 cm³/mol. The van der Waals surface area contributed by atoms with Crippen LogP contribution < -0.4 is 5.32 Å². The van der Waals surface area contributed by atoms with Crippen LogP contribution in [0.1, 0.15) is 26.3 Å². The Morgan fingerprint density at radius 3 is 2.48 bits per heavy atom. The molecule has 0 aromatic heterocycles. The Labute approximate surface area is 136 Å². The lowest BCUT2D eigenvalue weighted by Crippen LogP contribution is -2.13. The van der Waals surface area contributed by atoms with Crippen LogP contribution in [0.3, 0.4) is 0 Å². The Morgan fingerprint density at radius 1 is 1.10 bits per heavy atom. The Kier molecular flexibility index (Phi) is 4.95. The molecule has 0 aliphatic rings. The Morgan fingerprint density at radius 2 is 1.86 bits per heavy atom. The topological polar surface area (TPSA) is 55.4 Å². The summed E-state index contributed by atoms with van der Waals surface area (Å²) in [6, 6.07) is 12.4. The Bertz CT molecular complexity index is 698. The molecule has 0 unspecified atom stereocenters. The fourth-order valence-corrected chi connectivity index (χ4v) is 2.42. The summed E-state index contributed by atoms with van der Waals surface area (Å²) in [7, 11) is 1.34. The minimum atomic E-state index is -0.395. The van der Waals surface area contributed by atoms with Crippen LogP contribution in [0.15, 0.2) is 42.5 Å². The molecule has 21 heavy (non-hydrogen) atoms. The summed E-state index contributed by atoms with van der Waals surface area (Å²) in [5, 5.41) is 2.84. The molecule has 1 amide bonds. The lowest BCUT2D eigenvalue weighted by Gasteiger charge is -2.10. The number of methoxy groups -OCH3 is 1. The smallest absolute Gasteiger partial charge is 0.337 e. The lowest BCUT2D eigenvalue weighted by atomic mass is 10.1. The summed E-state index contributed by atoms with van der Waals surface area (Å²) in [4.78, 5) is 23.6. The van der Waals surface area contributed by atoms with Gasteiger partial charge in [-0.3, -0.25) is 4.79 Å². The van der Waals surface area contributed by atoms with Crippen LogP contribution in [0.4, 0.5) is 5.69 Å². The van der Waals surface area contributed by atoms with Crippen LogP contribution in [-0.2, 0) is 4.74 Å². The third kappa shape index (κ3) is 3.81. The quantitative estimate of drug-likeness (QED) is 0.638. The molecule has 0 aliphatic carbocycles. The maximum atomic E-state index is 12.2. The fourth-order valence-electron chi connectivity index (χ4n) is 1.87. The number of benzene rings is 2. The first-order valence-corrected chi connectivity index (χ1v) is 7.35. The number of carbonyl (C=O) groups is 2. The molecule has 0 heterocycles. The third-order valence-electron chi connectivity index (χ3n) is 2.98. The number of anilines is 1. The number of aryl methyl sites for hydroxylation is 1. The van der Waals surface area contributed by atoms with E-state index in [1.165, 1.54) is 7.11 Å². The minimum Gasteiger partial charge on any atom is -0.465 e. The first-order chi connectivity index (χ1) is 10.0. The molecule has 0 atom stereocenters. The highest BCUT2D eigenvalue weighted by atomic mass is 127. The van der Waals surface area contributed by atoms with Gasteiger partial charge in [-0.2, -0.15) is 0 Å². The van der Waals surface area contributed by atoms with Crippen LogP contribution >= 0.6 is 22.6 Å². The molecule has 108 valence electrons. The molecule has 0 aliphatic heterocycles. The molecule has 0 radical (unpaired) electrons. The molecular weight excluding hydrogens is 381 g/mol. The van der Waals surface area contributed by atoms with E-state index in [1.54, 1.807) is 24.3 Å². The van der Waals surface area contributed by atoms with Crippen LogP contribution in [0, 0.1) is 10.5 Å². The molecule has 0 spiro atoms. The molecule has 5 heteroatoms. The number of halogens is 1. The Balaban J connectivity index is 2.20. The minimum absolute atomic E-state index is 0.178. The van der Waals surface area contributed by atoms with Gasteiger partial charge in [0.2, 0.25) is 0 Å². The summed E-state index contributed by atoms with van der Waals surface area (Å²) in [5.41, 5.74) is 2.53. The highest BCUT2D eigenvalue weighted by molar-refractivity contribution is 14.1. The van der Waals surface area contributed by atoms with Crippen molar-refractivity contribution in [3.8, 4) is 0 Å². The highest BCUT2D eigenvalue weighted by Gasteiger charge is 2.11. The van der Waals surface area contributed by atoms with E-state index >= 15 is 0 Å². The molecule has 0 saturated heterocycles. The highest BCUT2D eigenvalue weighted by Crippen LogP contribution is 2.18. The molecule has 0 fully saturated rings. The van der Waals surface area contributed by atoms with Crippen LogP contribution in [-0.4, -0.2) is 19.0 Å². The molecule has 2 rings (SSSR count). The van der Waals surface area contributed by atoms with Crippen molar-refractivity contribution in [2.45, 2.75) is 6.92 Å². The van der Waals surface area contributed by atoms with E-state index in [0.717, 1.165) is 9.13 Å². The largest absolute Gasteiger partial charge is 0.465 e. The number of ether oxygens (including phenoxy) is 1. The van der Waals surface area contributed by atoms with E-state index < -0.39 is 5.97 Å². The molecule has 2 aromatic carbocycles. The molecule has 0 saturated carbocycles. The van der Waals surface area contributed by atoms with E-state index in [1.807, 2.05) is 25.1 Å². The van der Waals surface area contributed by atoms with E-state index in [0.29, 0.717) is 16.8 Å². The van der Waals surface area contributed by atoms with Crippen molar-refractivity contribution >= 4 is 40.2 Å². The summed E-state index contributed by atoms with van der Waals surface area (Å²) in [6.07, 6.45) is 0.